The molecule has 0 amide bonds. The van der Waals surface area contributed by atoms with E-state index in [4.69, 9.17) is 17.5 Å². The molecule has 0 saturated carbocycles. The standard InChI is InChI=1S/ClH.Na.H2O4S.H/c;;1-5(2,3)4;/h1H;;(H2,1,2,3,4);. The number of hydrogen-bond donors (Lipinski definition) is 2. The van der Waals surface area contributed by atoms with Crippen molar-refractivity contribution in [2.45, 2.75) is 0 Å². The van der Waals surface area contributed by atoms with E-state index in [0.717, 1.165) is 0 Å². The van der Waals surface area contributed by atoms with Crippen molar-refractivity contribution in [1.29, 1.82) is 0 Å². The molecule has 0 aromatic heterocycles. The molecule has 0 spiro atoms. The maximum absolute atomic E-state index is 8.74. The molecule has 0 rings (SSSR count). The molecule has 7 heavy (non-hydrogen) atoms. The predicted molar refractivity (Wildman–Crippen MR) is 28.6 cm³/mol. The fraction of sp³-hybridized carbons (Fsp3) is 0. The van der Waals surface area contributed by atoms with Crippen molar-refractivity contribution < 1.29 is 17.5 Å². The van der Waals surface area contributed by atoms with Gasteiger partial charge in [0.15, 0.2) is 0 Å². The second-order valence-corrected chi connectivity index (χ2v) is 1.34. The van der Waals surface area contributed by atoms with E-state index >= 15 is 0 Å². The topological polar surface area (TPSA) is 74.6 Å². The van der Waals surface area contributed by atoms with E-state index in [1.807, 2.05) is 0 Å². The Morgan fingerprint density at radius 2 is 1.14 bits per heavy atom. The summed E-state index contributed by atoms with van der Waals surface area (Å²) in [5, 5.41) is 0. The summed E-state index contributed by atoms with van der Waals surface area (Å²) in [4.78, 5) is 0. The van der Waals surface area contributed by atoms with Crippen molar-refractivity contribution in [1.82, 2.24) is 0 Å². The molecule has 7 heteroatoms. The molecule has 4 nitrogen and oxygen atoms in total. The molecule has 0 unspecified atom stereocenters. The summed E-state index contributed by atoms with van der Waals surface area (Å²) in [7, 11) is -4.67. The van der Waals surface area contributed by atoms with Gasteiger partial charge in [0.1, 0.15) is 0 Å². The Labute approximate surface area is 69.6 Å². The zero-order valence-corrected chi connectivity index (χ0v) is 4.16. The quantitative estimate of drug-likeness (QED) is 0.355. The molecule has 0 aromatic carbocycles. The maximum atomic E-state index is 8.74. The third-order valence-electron chi connectivity index (χ3n) is 0. The minimum atomic E-state index is -4.67. The van der Waals surface area contributed by atoms with Crippen LogP contribution in [0.15, 0.2) is 0 Å². The van der Waals surface area contributed by atoms with Gasteiger partial charge in [0, 0.05) is 0 Å². The van der Waals surface area contributed by atoms with E-state index in [2.05, 4.69) is 0 Å². The van der Waals surface area contributed by atoms with E-state index in [-0.39, 0.29) is 42.0 Å². The van der Waals surface area contributed by atoms with Gasteiger partial charge in [-0.25, -0.2) is 0 Å². The Morgan fingerprint density at radius 3 is 1.14 bits per heavy atom. The van der Waals surface area contributed by atoms with Gasteiger partial charge in [0.2, 0.25) is 0 Å². The van der Waals surface area contributed by atoms with Gasteiger partial charge in [-0.15, -0.1) is 12.4 Å². The van der Waals surface area contributed by atoms with Gasteiger partial charge in [-0.05, 0) is 0 Å². The predicted octanol–water partition coefficient (Wildman–Crippen LogP) is -0.879. The van der Waals surface area contributed by atoms with Crippen LogP contribution in [0.2, 0.25) is 0 Å². The van der Waals surface area contributed by atoms with Gasteiger partial charge in [0.25, 0.3) is 0 Å². The van der Waals surface area contributed by atoms with Gasteiger partial charge in [0.05, 0.1) is 0 Å². The average molecular weight is 159 g/mol. The van der Waals surface area contributed by atoms with Crippen LogP contribution in [0, 0.1) is 0 Å². The normalized spacial score (nSPS) is 8.29. The van der Waals surface area contributed by atoms with Crippen LogP contribution >= 0.6 is 12.4 Å². The first-order valence-electron chi connectivity index (χ1n) is 0.698. The third-order valence-corrected chi connectivity index (χ3v) is 0. The summed E-state index contributed by atoms with van der Waals surface area (Å²) in [6.45, 7) is 0. The van der Waals surface area contributed by atoms with Crippen LogP contribution in [0.1, 0.15) is 0 Å². The van der Waals surface area contributed by atoms with E-state index in [1.54, 1.807) is 0 Å². The van der Waals surface area contributed by atoms with Crippen LogP contribution < -0.4 is 0 Å². The van der Waals surface area contributed by atoms with Gasteiger partial charge in [-0.3, -0.25) is 9.11 Å². The molecule has 0 aliphatic heterocycles. The number of halogens is 1. The molecule has 0 atom stereocenters. The Kier molecular flexibility index (Phi) is 11.9. The Balaban J connectivity index is -0.0000000800. The summed E-state index contributed by atoms with van der Waals surface area (Å²) >= 11 is 0. The molecular weight excluding hydrogens is 155 g/mol. The molecule has 0 heterocycles. The SMILES string of the molecule is Cl.O=S(=O)(O)O.[NaH]. The number of rotatable bonds is 0. The fourth-order valence-electron chi connectivity index (χ4n) is 0. The van der Waals surface area contributed by atoms with Gasteiger partial charge in [-0.1, -0.05) is 0 Å². The molecule has 42 valence electrons. The second kappa shape index (κ2) is 5.30. The monoisotopic (exact) mass is 158 g/mol. The third kappa shape index (κ3) is 142. The fourth-order valence-corrected chi connectivity index (χ4v) is 0. The van der Waals surface area contributed by atoms with Crippen LogP contribution in [0.25, 0.3) is 0 Å². The van der Waals surface area contributed by atoms with Crippen molar-refractivity contribution in [3.8, 4) is 0 Å². The molecular formula is H4ClNaO4S. The van der Waals surface area contributed by atoms with Crippen molar-refractivity contribution in [2.24, 2.45) is 0 Å². The molecule has 0 bridgehead atoms. The van der Waals surface area contributed by atoms with Crippen molar-refractivity contribution in [2.75, 3.05) is 0 Å². The van der Waals surface area contributed by atoms with E-state index in [9.17, 15) is 0 Å². The van der Waals surface area contributed by atoms with Gasteiger partial charge < -0.3 is 0 Å². The zero-order valence-electron chi connectivity index (χ0n) is 2.53. The van der Waals surface area contributed by atoms with E-state index < -0.39 is 10.4 Å². The van der Waals surface area contributed by atoms with Crippen LogP contribution in [0.5, 0.6) is 0 Å². The van der Waals surface area contributed by atoms with E-state index in [0.29, 0.717) is 0 Å². The summed E-state index contributed by atoms with van der Waals surface area (Å²) in [6.07, 6.45) is 0. The van der Waals surface area contributed by atoms with Crippen LogP contribution in [-0.2, 0) is 10.4 Å². The Hall–Kier alpha value is 1.16. The molecule has 0 saturated heterocycles. The first kappa shape index (κ1) is 15.7. The summed E-state index contributed by atoms with van der Waals surface area (Å²) in [5.41, 5.74) is 0. The van der Waals surface area contributed by atoms with Gasteiger partial charge >= 0.3 is 40.0 Å². The molecule has 0 radical (unpaired) electrons. The average Bonchev–Trinajstić information content (AvgIpc) is 0.722. The Morgan fingerprint density at radius 1 is 1.14 bits per heavy atom. The first-order valence-corrected chi connectivity index (χ1v) is 2.10. The van der Waals surface area contributed by atoms with Gasteiger partial charge in [-0.2, -0.15) is 8.42 Å². The van der Waals surface area contributed by atoms with Crippen LogP contribution in [-0.4, -0.2) is 47.1 Å². The zero-order chi connectivity index (χ0) is 4.50. The van der Waals surface area contributed by atoms with Crippen LogP contribution in [0.4, 0.5) is 0 Å². The molecule has 0 aliphatic carbocycles. The summed E-state index contributed by atoms with van der Waals surface area (Å²) in [5.74, 6) is 0. The summed E-state index contributed by atoms with van der Waals surface area (Å²) in [6, 6.07) is 0. The molecule has 2 N–H and O–H groups in total. The van der Waals surface area contributed by atoms with Crippen molar-refractivity contribution in [3.05, 3.63) is 0 Å². The van der Waals surface area contributed by atoms with E-state index in [1.165, 1.54) is 0 Å². The van der Waals surface area contributed by atoms with Crippen molar-refractivity contribution >= 4 is 52.4 Å². The van der Waals surface area contributed by atoms with Crippen molar-refractivity contribution in [3.63, 3.8) is 0 Å². The summed E-state index contributed by atoms with van der Waals surface area (Å²) < 4.78 is 31.6. The number of hydrogen-bond acceptors (Lipinski definition) is 2. The Bertz CT molecular complexity index is 94.9. The van der Waals surface area contributed by atoms with Crippen LogP contribution in [0.3, 0.4) is 0 Å². The molecule has 0 fully saturated rings. The first-order chi connectivity index (χ1) is 2.00. The molecule has 0 aliphatic rings. The minimum absolute atomic E-state index is 0. The second-order valence-electron chi connectivity index (χ2n) is 0.448. The molecule has 0 aromatic rings.